The van der Waals surface area contributed by atoms with Crippen molar-refractivity contribution in [3.63, 3.8) is 0 Å². The van der Waals surface area contributed by atoms with E-state index in [1.54, 1.807) is 0 Å². The molecule has 0 spiro atoms. The zero-order valence-corrected chi connectivity index (χ0v) is 9.93. The van der Waals surface area contributed by atoms with Gasteiger partial charge < -0.3 is 16.4 Å². The van der Waals surface area contributed by atoms with Gasteiger partial charge in [0.15, 0.2) is 0 Å². The molecule has 4 N–H and O–H groups in total. The Balaban J connectivity index is 1.96. The van der Waals surface area contributed by atoms with Crippen LogP contribution >= 0.6 is 0 Å². The number of piperidine rings is 1. The second kappa shape index (κ2) is 4.69. The second-order valence-electron chi connectivity index (χ2n) is 5.06. The molecule has 1 amide bonds. The Labute approximate surface area is 96.7 Å². The highest BCUT2D eigenvalue weighted by molar-refractivity contribution is 5.82. The van der Waals surface area contributed by atoms with Crippen molar-refractivity contribution in [1.29, 1.82) is 0 Å². The molecular weight excluding hydrogens is 204 g/mol. The molecular formula is C11H22N4O. The van der Waals surface area contributed by atoms with Gasteiger partial charge in [-0.25, -0.2) is 0 Å². The van der Waals surface area contributed by atoms with Gasteiger partial charge in [-0.3, -0.25) is 9.69 Å². The van der Waals surface area contributed by atoms with E-state index in [0.717, 1.165) is 19.4 Å². The summed E-state index contributed by atoms with van der Waals surface area (Å²) < 4.78 is 0. The SMILES string of the molecule is CN1CCCCC1C(=O)N1C[C@@H](N)[C@@H](N)C1. The molecule has 0 radical (unpaired) electrons. The Morgan fingerprint density at radius 3 is 2.38 bits per heavy atom. The lowest BCUT2D eigenvalue weighted by Gasteiger charge is -2.34. The monoisotopic (exact) mass is 226 g/mol. The molecule has 0 aromatic heterocycles. The summed E-state index contributed by atoms with van der Waals surface area (Å²) in [6, 6.07) is -0.0676. The fraction of sp³-hybridized carbons (Fsp3) is 0.909. The van der Waals surface area contributed by atoms with Gasteiger partial charge in [-0.15, -0.1) is 0 Å². The Morgan fingerprint density at radius 2 is 1.81 bits per heavy atom. The first-order valence-electron chi connectivity index (χ1n) is 6.10. The molecule has 0 aliphatic carbocycles. The summed E-state index contributed by atoms with van der Waals surface area (Å²) in [6.07, 6.45) is 3.31. The normalized spacial score (nSPS) is 36.7. The lowest BCUT2D eigenvalue weighted by Crippen LogP contribution is -2.49. The Morgan fingerprint density at radius 1 is 1.19 bits per heavy atom. The number of hydrogen-bond acceptors (Lipinski definition) is 4. The molecule has 2 fully saturated rings. The number of rotatable bonds is 1. The molecule has 2 aliphatic heterocycles. The first-order chi connectivity index (χ1) is 7.59. The van der Waals surface area contributed by atoms with E-state index in [-0.39, 0.29) is 24.0 Å². The van der Waals surface area contributed by atoms with Crippen LogP contribution < -0.4 is 11.5 Å². The largest absolute Gasteiger partial charge is 0.338 e. The summed E-state index contributed by atoms with van der Waals surface area (Å²) in [5.74, 6) is 0.214. The van der Waals surface area contributed by atoms with Crippen LogP contribution in [-0.2, 0) is 4.79 Å². The molecule has 0 aromatic rings. The van der Waals surface area contributed by atoms with E-state index in [1.165, 1.54) is 6.42 Å². The molecule has 1 unspecified atom stereocenters. The van der Waals surface area contributed by atoms with Gasteiger partial charge >= 0.3 is 0 Å². The molecule has 0 saturated carbocycles. The van der Waals surface area contributed by atoms with Crippen LogP contribution in [0.3, 0.4) is 0 Å². The lowest BCUT2D eigenvalue weighted by molar-refractivity contribution is -0.136. The zero-order valence-electron chi connectivity index (χ0n) is 9.93. The predicted molar refractivity (Wildman–Crippen MR) is 62.8 cm³/mol. The highest BCUT2D eigenvalue weighted by Gasteiger charge is 2.35. The Kier molecular flexibility index (Phi) is 3.47. The zero-order chi connectivity index (χ0) is 11.7. The molecule has 2 rings (SSSR count). The molecule has 16 heavy (non-hydrogen) atoms. The first kappa shape index (κ1) is 11.8. The maximum absolute atomic E-state index is 12.3. The summed E-state index contributed by atoms with van der Waals surface area (Å²) in [4.78, 5) is 16.3. The molecule has 92 valence electrons. The van der Waals surface area contributed by atoms with Crippen LogP contribution in [0.4, 0.5) is 0 Å². The number of hydrogen-bond donors (Lipinski definition) is 2. The molecule has 3 atom stereocenters. The Bertz CT molecular complexity index is 261. The minimum Gasteiger partial charge on any atom is -0.338 e. The average Bonchev–Trinajstić information content (AvgIpc) is 2.59. The van der Waals surface area contributed by atoms with Crippen LogP contribution in [0.25, 0.3) is 0 Å². The van der Waals surface area contributed by atoms with Crippen molar-refractivity contribution in [2.75, 3.05) is 26.7 Å². The average molecular weight is 226 g/mol. The van der Waals surface area contributed by atoms with Gasteiger partial charge in [0.05, 0.1) is 6.04 Å². The van der Waals surface area contributed by atoms with Gasteiger partial charge in [-0.1, -0.05) is 6.42 Å². The van der Waals surface area contributed by atoms with Gasteiger partial charge in [0, 0.05) is 25.2 Å². The number of nitrogens with zero attached hydrogens (tertiary/aromatic N) is 2. The van der Waals surface area contributed by atoms with Crippen molar-refractivity contribution in [3.8, 4) is 0 Å². The van der Waals surface area contributed by atoms with Crippen LogP contribution in [0.1, 0.15) is 19.3 Å². The topological polar surface area (TPSA) is 75.6 Å². The smallest absolute Gasteiger partial charge is 0.240 e. The molecule has 2 aliphatic rings. The number of nitrogens with two attached hydrogens (primary N) is 2. The van der Waals surface area contributed by atoms with E-state index in [2.05, 4.69) is 4.90 Å². The molecule has 0 aromatic carbocycles. The van der Waals surface area contributed by atoms with Crippen molar-refractivity contribution in [3.05, 3.63) is 0 Å². The van der Waals surface area contributed by atoms with Gasteiger partial charge in [0.1, 0.15) is 0 Å². The van der Waals surface area contributed by atoms with Crippen molar-refractivity contribution < 1.29 is 4.79 Å². The number of carbonyl (C=O) groups excluding carboxylic acids is 1. The summed E-state index contributed by atoms with van der Waals surface area (Å²) in [7, 11) is 2.03. The lowest BCUT2D eigenvalue weighted by atomic mass is 10.0. The molecule has 0 bridgehead atoms. The molecule has 5 nitrogen and oxygen atoms in total. The van der Waals surface area contributed by atoms with E-state index >= 15 is 0 Å². The third-order valence-electron chi connectivity index (χ3n) is 3.78. The van der Waals surface area contributed by atoms with Crippen LogP contribution in [0.15, 0.2) is 0 Å². The van der Waals surface area contributed by atoms with Crippen molar-refractivity contribution in [1.82, 2.24) is 9.80 Å². The van der Waals surface area contributed by atoms with E-state index in [4.69, 9.17) is 11.5 Å². The summed E-state index contributed by atoms with van der Waals surface area (Å²) in [5.41, 5.74) is 11.7. The standard InChI is InChI=1S/C11H22N4O/c1-14-5-3-2-4-10(14)11(16)15-6-8(12)9(13)7-15/h8-10H,2-7,12-13H2,1H3/t8-,9+,10?. The third kappa shape index (κ3) is 2.21. The van der Waals surface area contributed by atoms with Gasteiger partial charge in [0.2, 0.25) is 5.91 Å². The highest BCUT2D eigenvalue weighted by atomic mass is 16.2. The fourth-order valence-corrected chi connectivity index (χ4v) is 2.63. The van der Waals surface area contributed by atoms with Crippen LogP contribution in [0, 0.1) is 0 Å². The van der Waals surface area contributed by atoms with Gasteiger partial charge in [0.25, 0.3) is 0 Å². The van der Waals surface area contributed by atoms with Crippen LogP contribution in [0.5, 0.6) is 0 Å². The molecule has 2 saturated heterocycles. The van der Waals surface area contributed by atoms with Crippen LogP contribution in [-0.4, -0.2) is 60.5 Å². The summed E-state index contributed by atoms with van der Waals surface area (Å²) in [6.45, 7) is 2.25. The Hall–Kier alpha value is -0.650. The quantitative estimate of drug-likeness (QED) is 0.599. The maximum Gasteiger partial charge on any atom is 0.240 e. The van der Waals surface area contributed by atoms with Crippen LogP contribution in [0.2, 0.25) is 0 Å². The highest BCUT2D eigenvalue weighted by Crippen LogP contribution is 2.19. The minimum atomic E-state index is -0.0575. The molecule has 2 heterocycles. The summed E-state index contributed by atoms with van der Waals surface area (Å²) in [5, 5.41) is 0. The number of amides is 1. The number of likely N-dealkylation sites (N-methyl/N-ethyl adjacent to an activating group) is 1. The van der Waals surface area contributed by atoms with Crippen molar-refractivity contribution in [2.24, 2.45) is 11.5 Å². The van der Waals surface area contributed by atoms with Gasteiger partial charge in [-0.05, 0) is 26.4 Å². The third-order valence-corrected chi connectivity index (χ3v) is 3.78. The second-order valence-corrected chi connectivity index (χ2v) is 5.06. The maximum atomic E-state index is 12.3. The molecule has 5 heteroatoms. The first-order valence-corrected chi connectivity index (χ1v) is 6.10. The fourth-order valence-electron chi connectivity index (χ4n) is 2.63. The van der Waals surface area contributed by atoms with E-state index in [0.29, 0.717) is 13.1 Å². The van der Waals surface area contributed by atoms with Crippen molar-refractivity contribution >= 4 is 5.91 Å². The van der Waals surface area contributed by atoms with E-state index in [9.17, 15) is 4.79 Å². The summed E-state index contributed by atoms with van der Waals surface area (Å²) >= 11 is 0. The number of likely N-dealkylation sites (tertiary alicyclic amines) is 2. The number of carbonyl (C=O) groups is 1. The van der Waals surface area contributed by atoms with Gasteiger partial charge in [-0.2, -0.15) is 0 Å². The minimum absolute atomic E-state index is 0.0475. The van der Waals surface area contributed by atoms with Crippen molar-refractivity contribution in [2.45, 2.75) is 37.4 Å². The van der Waals surface area contributed by atoms with E-state index < -0.39 is 0 Å². The predicted octanol–water partition coefficient (Wildman–Crippen LogP) is -1.03. The van der Waals surface area contributed by atoms with E-state index in [1.807, 2.05) is 11.9 Å².